The fraction of sp³-hybridized carbons (Fsp3) is 0.222. The lowest BCUT2D eigenvalue weighted by Crippen LogP contribution is -2.41. The molecule has 15 heavy (non-hydrogen) atoms. The molecule has 0 amide bonds. The molecule has 0 fully saturated rings. The van der Waals surface area contributed by atoms with Gasteiger partial charge in [-0.1, -0.05) is 0 Å². The van der Waals surface area contributed by atoms with Crippen LogP contribution < -0.4 is 5.73 Å². The average molecular weight is 238 g/mol. The summed E-state index contributed by atoms with van der Waals surface area (Å²) in [6, 6.07) is 2.45. The molecular weight excluding hydrogens is 228 g/mol. The van der Waals surface area contributed by atoms with Crippen molar-refractivity contribution in [1.82, 2.24) is 0 Å². The molecular formula is C9H10ClF2NO2. The highest BCUT2D eigenvalue weighted by atomic mass is 35.5. The number of carboxylic acid groups (broad SMARTS) is 1. The van der Waals surface area contributed by atoms with E-state index < -0.39 is 23.1 Å². The molecule has 1 atom stereocenters. The second-order valence-electron chi connectivity index (χ2n) is 3.17. The fourth-order valence-corrected chi connectivity index (χ4v) is 0.977. The first kappa shape index (κ1) is 13.8. The van der Waals surface area contributed by atoms with Crippen LogP contribution in [0.3, 0.4) is 0 Å². The van der Waals surface area contributed by atoms with Crippen LogP contribution in [0.4, 0.5) is 8.78 Å². The van der Waals surface area contributed by atoms with Crippen LogP contribution in [0, 0.1) is 11.6 Å². The number of halogens is 3. The number of carbonyl (C=O) groups is 1. The van der Waals surface area contributed by atoms with Gasteiger partial charge in [0, 0.05) is 6.07 Å². The van der Waals surface area contributed by atoms with Crippen LogP contribution in [0.1, 0.15) is 12.5 Å². The first-order valence-electron chi connectivity index (χ1n) is 3.83. The molecule has 0 bridgehead atoms. The smallest absolute Gasteiger partial charge is 0.328 e. The summed E-state index contributed by atoms with van der Waals surface area (Å²) in [6.07, 6.45) is 0. The van der Waals surface area contributed by atoms with Crippen LogP contribution in [0.2, 0.25) is 0 Å². The predicted octanol–water partition coefficient (Wildman–Crippen LogP) is 1.65. The van der Waals surface area contributed by atoms with E-state index in [2.05, 4.69) is 0 Å². The highest BCUT2D eigenvalue weighted by Gasteiger charge is 2.31. The van der Waals surface area contributed by atoms with Crippen molar-refractivity contribution >= 4 is 18.4 Å². The Kier molecular flexibility index (Phi) is 4.18. The van der Waals surface area contributed by atoms with Gasteiger partial charge in [-0.3, -0.25) is 0 Å². The molecule has 84 valence electrons. The van der Waals surface area contributed by atoms with E-state index in [-0.39, 0.29) is 18.0 Å². The minimum atomic E-state index is -1.79. The van der Waals surface area contributed by atoms with E-state index in [0.29, 0.717) is 6.07 Å². The number of hydrogen-bond acceptors (Lipinski definition) is 2. The van der Waals surface area contributed by atoms with Crippen molar-refractivity contribution < 1.29 is 18.7 Å². The maximum Gasteiger partial charge on any atom is 0.328 e. The molecule has 0 aliphatic heterocycles. The summed E-state index contributed by atoms with van der Waals surface area (Å²) < 4.78 is 25.5. The predicted molar refractivity (Wildman–Crippen MR) is 52.8 cm³/mol. The zero-order valence-electron chi connectivity index (χ0n) is 7.83. The zero-order valence-corrected chi connectivity index (χ0v) is 8.65. The summed E-state index contributed by atoms with van der Waals surface area (Å²) in [4.78, 5) is 10.7. The standard InChI is InChI=1S/C9H9F2NO2.ClH/c1-9(12,8(13)14)5-2-6(10)4-7(11)3-5;/h2-4H,12H2,1H3,(H,13,14);1H. The van der Waals surface area contributed by atoms with E-state index in [1.165, 1.54) is 6.92 Å². The molecule has 0 heterocycles. The average Bonchev–Trinajstić information content (AvgIpc) is 2.01. The van der Waals surface area contributed by atoms with Crippen LogP contribution in [-0.4, -0.2) is 11.1 Å². The highest BCUT2D eigenvalue weighted by Crippen LogP contribution is 2.20. The molecule has 1 unspecified atom stereocenters. The summed E-state index contributed by atoms with van der Waals surface area (Å²) in [5.41, 5.74) is 3.49. The largest absolute Gasteiger partial charge is 0.480 e. The normalized spacial score (nSPS) is 13.9. The Morgan fingerprint density at radius 1 is 1.33 bits per heavy atom. The number of carboxylic acids is 1. The van der Waals surface area contributed by atoms with Gasteiger partial charge in [-0.15, -0.1) is 12.4 Å². The van der Waals surface area contributed by atoms with Gasteiger partial charge in [0.15, 0.2) is 0 Å². The number of hydrogen-bond donors (Lipinski definition) is 2. The van der Waals surface area contributed by atoms with Crippen molar-refractivity contribution in [3.05, 3.63) is 35.4 Å². The summed E-state index contributed by atoms with van der Waals surface area (Å²) in [7, 11) is 0. The Hall–Kier alpha value is -1.20. The first-order chi connectivity index (χ1) is 6.34. The molecule has 0 saturated carbocycles. The van der Waals surface area contributed by atoms with E-state index in [0.717, 1.165) is 12.1 Å². The molecule has 1 aromatic carbocycles. The molecule has 0 saturated heterocycles. The van der Waals surface area contributed by atoms with Crippen molar-refractivity contribution in [2.45, 2.75) is 12.5 Å². The molecule has 6 heteroatoms. The van der Waals surface area contributed by atoms with Gasteiger partial charge in [0.25, 0.3) is 0 Å². The molecule has 0 aromatic heterocycles. The molecule has 0 aliphatic rings. The monoisotopic (exact) mass is 237 g/mol. The SMILES string of the molecule is CC(N)(C(=O)O)c1cc(F)cc(F)c1.Cl. The topological polar surface area (TPSA) is 63.3 Å². The quantitative estimate of drug-likeness (QED) is 0.822. The third-order valence-corrected chi connectivity index (χ3v) is 1.91. The van der Waals surface area contributed by atoms with E-state index in [4.69, 9.17) is 10.8 Å². The van der Waals surface area contributed by atoms with Crippen molar-refractivity contribution in [2.24, 2.45) is 5.73 Å². The van der Waals surface area contributed by atoms with Crippen molar-refractivity contribution in [3.8, 4) is 0 Å². The minimum Gasteiger partial charge on any atom is -0.480 e. The molecule has 3 N–H and O–H groups in total. The summed E-state index contributed by atoms with van der Waals surface area (Å²) in [5, 5.41) is 8.71. The fourth-order valence-electron chi connectivity index (χ4n) is 0.977. The van der Waals surface area contributed by atoms with Gasteiger partial charge in [-0.2, -0.15) is 0 Å². The molecule has 0 aliphatic carbocycles. The summed E-state index contributed by atoms with van der Waals surface area (Å²) in [5.74, 6) is -3.04. The zero-order chi connectivity index (χ0) is 10.9. The van der Waals surface area contributed by atoms with Gasteiger partial charge in [-0.25, -0.2) is 13.6 Å². The van der Waals surface area contributed by atoms with E-state index >= 15 is 0 Å². The maximum atomic E-state index is 12.7. The minimum absolute atomic E-state index is 0. The number of benzene rings is 1. The van der Waals surface area contributed by atoms with Gasteiger partial charge in [0.2, 0.25) is 0 Å². The van der Waals surface area contributed by atoms with E-state index in [1.54, 1.807) is 0 Å². The van der Waals surface area contributed by atoms with Crippen LogP contribution >= 0.6 is 12.4 Å². The lowest BCUT2D eigenvalue weighted by atomic mass is 9.93. The van der Waals surface area contributed by atoms with E-state index in [1.807, 2.05) is 0 Å². The van der Waals surface area contributed by atoms with Gasteiger partial charge in [0.1, 0.15) is 17.2 Å². The van der Waals surface area contributed by atoms with Crippen LogP contribution in [0.15, 0.2) is 18.2 Å². The van der Waals surface area contributed by atoms with Crippen LogP contribution in [0.25, 0.3) is 0 Å². The molecule has 0 spiro atoms. The molecule has 1 rings (SSSR count). The Balaban J connectivity index is 0.00000196. The second kappa shape index (κ2) is 4.55. The second-order valence-corrected chi connectivity index (χ2v) is 3.17. The van der Waals surface area contributed by atoms with Gasteiger partial charge < -0.3 is 10.8 Å². The van der Waals surface area contributed by atoms with Crippen molar-refractivity contribution in [1.29, 1.82) is 0 Å². The lowest BCUT2D eigenvalue weighted by Gasteiger charge is -2.19. The van der Waals surface area contributed by atoms with Gasteiger partial charge in [-0.05, 0) is 24.6 Å². The van der Waals surface area contributed by atoms with Gasteiger partial charge in [0.05, 0.1) is 0 Å². The lowest BCUT2D eigenvalue weighted by molar-refractivity contribution is -0.143. The Morgan fingerprint density at radius 3 is 2.07 bits per heavy atom. The first-order valence-corrected chi connectivity index (χ1v) is 3.83. The Bertz CT molecular complexity index is 362. The number of aliphatic carboxylic acids is 1. The number of rotatable bonds is 2. The van der Waals surface area contributed by atoms with Gasteiger partial charge >= 0.3 is 5.97 Å². The highest BCUT2D eigenvalue weighted by molar-refractivity contribution is 5.85. The van der Waals surface area contributed by atoms with Crippen LogP contribution in [0.5, 0.6) is 0 Å². The summed E-state index contributed by atoms with van der Waals surface area (Å²) >= 11 is 0. The molecule has 0 radical (unpaired) electrons. The Morgan fingerprint density at radius 2 is 1.73 bits per heavy atom. The van der Waals surface area contributed by atoms with Crippen molar-refractivity contribution in [3.63, 3.8) is 0 Å². The third kappa shape index (κ3) is 2.87. The molecule has 1 aromatic rings. The van der Waals surface area contributed by atoms with E-state index in [9.17, 15) is 13.6 Å². The van der Waals surface area contributed by atoms with Crippen molar-refractivity contribution in [2.75, 3.05) is 0 Å². The third-order valence-electron chi connectivity index (χ3n) is 1.91. The van der Waals surface area contributed by atoms with Crippen LogP contribution in [-0.2, 0) is 10.3 Å². The maximum absolute atomic E-state index is 12.7. The summed E-state index contributed by atoms with van der Waals surface area (Å²) in [6.45, 7) is 1.17. The Labute approximate surface area is 91.3 Å². The number of nitrogens with two attached hydrogens (primary N) is 1. The molecule has 3 nitrogen and oxygen atoms in total.